The van der Waals surface area contributed by atoms with Crippen molar-refractivity contribution in [3.8, 4) is 5.69 Å². The summed E-state index contributed by atoms with van der Waals surface area (Å²) < 4.78 is 41.7. The number of ketones is 1. The average molecular weight is 373 g/mol. The number of nitrogens with one attached hydrogen (secondary N) is 1. The van der Waals surface area contributed by atoms with Crippen LogP contribution >= 0.6 is 0 Å². The Kier molecular flexibility index (Phi) is 4.97. The van der Waals surface area contributed by atoms with Crippen molar-refractivity contribution in [1.29, 1.82) is 0 Å². The maximum absolute atomic E-state index is 13.7. The maximum Gasteiger partial charge on any atom is 0.243 e. The number of halogens is 1. The van der Waals surface area contributed by atoms with E-state index in [2.05, 4.69) is 9.82 Å². The molecule has 0 unspecified atom stereocenters. The zero-order chi connectivity index (χ0) is 18.7. The SMILES string of the molecule is Cc1ccn(-c2cccc(C(=O)CNS(=O)(=O)c3ccccc3F)c2)n1. The molecule has 0 amide bonds. The Morgan fingerprint density at radius 2 is 1.92 bits per heavy atom. The summed E-state index contributed by atoms with van der Waals surface area (Å²) >= 11 is 0. The molecule has 2 aromatic carbocycles. The Morgan fingerprint density at radius 1 is 1.15 bits per heavy atom. The van der Waals surface area contributed by atoms with Gasteiger partial charge in [-0.3, -0.25) is 4.79 Å². The number of aryl methyl sites for hydroxylation is 1. The summed E-state index contributed by atoms with van der Waals surface area (Å²) in [4.78, 5) is 11.9. The van der Waals surface area contributed by atoms with Crippen molar-refractivity contribution < 1.29 is 17.6 Å². The summed E-state index contributed by atoms with van der Waals surface area (Å²) in [5, 5.41) is 4.27. The Balaban J connectivity index is 1.76. The molecule has 1 heterocycles. The Labute approximate surface area is 150 Å². The van der Waals surface area contributed by atoms with Crippen LogP contribution in [0.5, 0.6) is 0 Å². The van der Waals surface area contributed by atoms with Crippen molar-refractivity contribution in [2.45, 2.75) is 11.8 Å². The fourth-order valence-corrected chi connectivity index (χ4v) is 3.44. The monoisotopic (exact) mass is 373 g/mol. The molecule has 0 radical (unpaired) electrons. The van der Waals surface area contributed by atoms with Crippen molar-refractivity contribution in [1.82, 2.24) is 14.5 Å². The van der Waals surface area contributed by atoms with Crippen molar-refractivity contribution in [3.63, 3.8) is 0 Å². The first kappa shape index (κ1) is 18.0. The van der Waals surface area contributed by atoms with Crippen LogP contribution in [0.2, 0.25) is 0 Å². The van der Waals surface area contributed by atoms with Gasteiger partial charge in [0.25, 0.3) is 0 Å². The molecule has 0 fully saturated rings. The highest BCUT2D eigenvalue weighted by atomic mass is 32.2. The van der Waals surface area contributed by atoms with E-state index >= 15 is 0 Å². The largest absolute Gasteiger partial charge is 0.293 e. The highest BCUT2D eigenvalue weighted by molar-refractivity contribution is 7.89. The lowest BCUT2D eigenvalue weighted by Crippen LogP contribution is -2.30. The second-order valence-electron chi connectivity index (χ2n) is 5.63. The van der Waals surface area contributed by atoms with E-state index in [-0.39, 0.29) is 0 Å². The summed E-state index contributed by atoms with van der Waals surface area (Å²) in [6.07, 6.45) is 1.76. The first-order valence-electron chi connectivity index (χ1n) is 7.77. The lowest BCUT2D eigenvalue weighted by Gasteiger charge is -2.08. The van der Waals surface area contributed by atoms with Gasteiger partial charge >= 0.3 is 0 Å². The minimum absolute atomic E-state index is 0.326. The third kappa shape index (κ3) is 3.87. The third-order valence-corrected chi connectivity index (χ3v) is 5.14. The van der Waals surface area contributed by atoms with Crippen LogP contribution in [0.4, 0.5) is 4.39 Å². The summed E-state index contributed by atoms with van der Waals surface area (Å²) in [5.74, 6) is -1.31. The number of Topliss-reactive ketones (excluding diaryl/α,β-unsaturated/α-hetero) is 1. The zero-order valence-corrected chi connectivity index (χ0v) is 14.7. The molecule has 134 valence electrons. The van der Waals surface area contributed by atoms with Crippen molar-refractivity contribution in [2.75, 3.05) is 6.54 Å². The molecule has 3 aromatic rings. The number of rotatable bonds is 6. The van der Waals surface area contributed by atoms with E-state index in [1.807, 2.05) is 13.0 Å². The number of hydrogen-bond acceptors (Lipinski definition) is 4. The normalized spacial score (nSPS) is 11.5. The molecule has 6 nitrogen and oxygen atoms in total. The first-order chi connectivity index (χ1) is 12.4. The van der Waals surface area contributed by atoms with Gasteiger partial charge in [0.1, 0.15) is 10.7 Å². The van der Waals surface area contributed by atoms with Gasteiger partial charge in [-0.25, -0.2) is 22.2 Å². The maximum atomic E-state index is 13.7. The Morgan fingerprint density at radius 3 is 2.62 bits per heavy atom. The number of carbonyl (C=O) groups is 1. The van der Waals surface area contributed by atoms with E-state index in [0.717, 1.165) is 17.8 Å². The number of sulfonamides is 1. The summed E-state index contributed by atoms with van der Waals surface area (Å²) in [6.45, 7) is 1.38. The van der Waals surface area contributed by atoms with Crippen molar-refractivity contribution in [2.24, 2.45) is 0 Å². The van der Waals surface area contributed by atoms with Gasteiger partial charge in [0, 0.05) is 11.8 Å². The first-order valence-corrected chi connectivity index (χ1v) is 9.25. The van der Waals surface area contributed by atoms with Gasteiger partial charge < -0.3 is 0 Å². The van der Waals surface area contributed by atoms with Crippen LogP contribution in [0.25, 0.3) is 5.69 Å². The smallest absolute Gasteiger partial charge is 0.243 e. The van der Waals surface area contributed by atoms with Gasteiger partial charge in [0.2, 0.25) is 10.0 Å². The Bertz CT molecular complexity index is 1060. The minimum Gasteiger partial charge on any atom is -0.293 e. The molecule has 0 bridgehead atoms. The second-order valence-corrected chi connectivity index (χ2v) is 7.37. The van der Waals surface area contributed by atoms with Crippen LogP contribution in [-0.4, -0.2) is 30.5 Å². The fraction of sp³-hybridized carbons (Fsp3) is 0.111. The van der Waals surface area contributed by atoms with Crippen LogP contribution < -0.4 is 4.72 Å². The number of aromatic nitrogens is 2. The number of nitrogens with zero attached hydrogens (tertiary/aromatic N) is 2. The van der Waals surface area contributed by atoms with Crippen LogP contribution in [-0.2, 0) is 10.0 Å². The average Bonchev–Trinajstić information content (AvgIpc) is 3.06. The summed E-state index contributed by atoms with van der Waals surface area (Å²) in [6, 6.07) is 13.5. The molecular weight excluding hydrogens is 357 g/mol. The summed E-state index contributed by atoms with van der Waals surface area (Å²) in [7, 11) is -4.12. The minimum atomic E-state index is -4.12. The lowest BCUT2D eigenvalue weighted by molar-refractivity contribution is 0.0997. The van der Waals surface area contributed by atoms with E-state index in [0.29, 0.717) is 11.3 Å². The molecular formula is C18H16FN3O3S. The molecule has 0 atom stereocenters. The van der Waals surface area contributed by atoms with Gasteiger partial charge in [0.15, 0.2) is 5.78 Å². The zero-order valence-electron chi connectivity index (χ0n) is 13.9. The molecule has 1 N–H and O–H groups in total. The second kappa shape index (κ2) is 7.19. The van der Waals surface area contributed by atoms with Gasteiger partial charge in [0.05, 0.1) is 17.9 Å². The molecule has 0 saturated carbocycles. The van der Waals surface area contributed by atoms with E-state index in [1.54, 1.807) is 35.1 Å². The topological polar surface area (TPSA) is 81.1 Å². The molecule has 0 aliphatic rings. The molecule has 8 heteroatoms. The van der Waals surface area contributed by atoms with Crippen LogP contribution in [0.15, 0.2) is 65.7 Å². The molecule has 3 rings (SSSR count). The fourth-order valence-electron chi connectivity index (χ4n) is 2.38. The number of carbonyl (C=O) groups excluding carboxylic acids is 1. The predicted octanol–water partition coefficient (Wildman–Crippen LogP) is 2.48. The highest BCUT2D eigenvalue weighted by Gasteiger charge is 2.20. The van der Waals surface area contributed by atoms with Gasteiger partial charge in [-0.05, 0) is 37.3 Å². The van der Waals surface area contributed by atoms with E-state index < -0.39 is 33.1 Å². The molecule has 26 heavy (non-hydrogen) atoms. The highest BCUT2D eigenvalue weighted by Crippen LogP contribution is 2.14. The van der Waals surface area contributed by atoms with Crippen molar-refractivity contribution in [3.05, 3.63) is 77.9 Å². The summed E-state index contributed by atoms with van der Waals surface area (Å²) in [5.41, 5.74) is 1.84. The van der Waals surface area contributed by atoms with E-state index in [1.165, 1.54) is 12.1 Å². The quantitative estimate of drug-likeness (QED) is 0.673. The molecule has 0 aliphatic heterocycles. The van der Waals surface area contributed by atoms with E-state index in [9.17, 15) is 17.6 Å². The number of benzene rings is 2. The molecule has 1 aromatic heterocycles. The van der Waals surface area contributed by atoms with Gasteiger partial charge in [-0.1, -0.05) is 24.3 Å². The van der Waals surface area contributed by atoms with Crippen LogP contribution in [0, 0.1) is 12.7 Å². The molecule has 0 spiro atoms. The van der Waals surface area contributed by atoms with E-state index in [4.69, 9.17) is 0 Å². The standard InChI is InChI=1S/C18H16FN3O3S/c1-13-9-10-22(21-13)15-6-4-5-14(11-15)17(23)12-20-26(24,25)18-8-3-2-7-16(18)19/h2-11,20H,12H2,1H3. The molecule has 0 aliphatic carbocycles. The third-order valence-electron chi connectivity index (χ3n) is 3.70. The van der Waals surface area contributed by atoms with Gasteiger partial charge in [-0.15, -0.1) is 0 Å². The molecule has 0 saturated heterocycles. The van der Waals surface area contributed by atoms with Crippen molar-refractivity contribution >= 4 is 15.8 Å². The Hall–Kier alpha value is -2.84. The van der Waals surface area contributed by atoms with Gasteiger partial charge in [-0.2, -0.15) is 5.10 Å². The predicted molar refractivity (Wildman–Crippen MR) is 94.2 cm³/mol. The van der Waals surface area contributed by atoms with Crippen LogP contribution in [0.1, 0.15) is 16.1 Å². The lowest BCUT2D eigenvalue weighted by atomic mass is 10.1. The van der Waals surface area contributed by atoms with Crippen LogP contribution in [0.3, 0.4) is 0 Å². The number of hydrogen-bond donors (Lipinski definition) is 1.